The van der Waals surface area contributed by atoms with Gasteiger partial charge in [-0.15, -0.1) is 0 Å². The molecule has 0 amide bonds. The number of rotatable bonds is 5. The first-order valence-corrected chi connectivity index (χ1v) is 8.91. The molecule has 1 aliphatic heterocycles. The molecule has 0 spiro atoms. The Morgan fingerprint density at radius 1 is 1.30 bits per heavy atom. The van der Waals surface area contributed by atoms with Crippen LogP contribution in [0.5, 0.6) is 0 Å². The van der Waals surface area contributed by atoms with Crippen LogP contribution in [0.4, 0.5) is 5.69 Å². The van der Waals surface area contributed by atoms with E-state index in [-0.39, 0.29) is 28.4 Å². The Morgan fingerprint density at radius 2 is 1.91 bits per heavy atom. The highest BCUT2D eigenvalue weighted by Gasteiger charge is 2.33. The van der Waals surface area contributed by atoms with Crippen LogP contribution in [-0.2, 0) is 16.6 Å². The minimum atomic E-state index is -3.13. The first-order valence-electron chi connectivity index (χ1n) is 7.30. The predicted molar refractivity (Wildman–Crippen MR) is 83.8 cm³/mol. The number of hydrogen-bond acceptors (Lipinski definition) is 4. The van der Waals surface area contributed by atoms with Gasteiger partial charge in [0.2, 0.25) is 10.0 Å². The van der Waals surface area contributed by atoms with E-state index in [1.165, 1.54) is 6.07 Å². The molecule has 0 aliphatic carbocycles. The van der Waals surface area contributed by atoms with Crippen LogP contribution < -0.4 is 17.0 Å². The molecule has 9 heteroatoms. The maximum absolute atomic E-state index is 11.9. The Kier molecular flexibility index (Phi) is 6.70. The normalized spacial score (nSPS) is 18.2. The molecule has 1 saturated heterocycles. The lowest BCUT2D eigenvalue weighted by Gasteiger charge is -2.41. The second kappa shape index (κ2) is 7.69. The molecule has 7 nitrogen and oxygen atoms in total. The van der Waals surface area contributed by atoms with Gasteiger partial charge in [-0.2, -0.15) is 4.31 Å². The van der Waals surface area contributed by atoms with Gasteiger partial charge in [0.25, 0.3) is 5.69 Å². The fourth-order valence-corrected chi connectivity index (χ4v) is 3.84. The van der Waals surface area contributed by atoms with Crippen molar-refractivity contribution in [2.45, 2.75) is 13.5 Å². The van der Waals surface area contributed by atoms with Crippen LogP contribution in [0, 0.1) is 10.1 Å². The van der Waals surface area contributed by atoms with E-state index in [1.807, 2.05) is 6.07 Å². The van der Waals surface area contributed by atoms with E-state index in [0.29, 0.717) is 37.2 Å². The van der Waals surface area contributed by atoms with Gasteiger partial charge in [-0.25, -0.2) is 8.42 Å². The van der Waals surface area contributed by atoms with E-state index >= 15 is 0 Å². The highest BCUT2D eigenvalue weighted by molar-refractivity contribution is 7.89. The molecule has 1 aliphatic rings. The zero-order valence-electron chi connectivity index (χ0n) is 13.3. The van der Waals surface area contributed by atoms with Crippen LogP contribution in [0.25, 0.3) is 0 Å². The van der Waals surface area contributed by atoms with E-state index in [9.17, 15) is 18.5 Å². The van der Waals surface area contributed by atoms with Gasteiger partial charge < -0.3 is 21.5 Å². The molecule has 0 aromatic heterocycles. The summed E-state index contributed by atoms with van der Waals surface area (Å²) in [5, 5.41) is 10.8. The monoisotopic (exact) mass is 407 g/mol. The molecule has 0 N–H and O–H groups in total. The molecule has 0 unspecified atom stereocenters. The lowest BCUT2D eigenvalue weighted by Crippen LogP contribution is -3.00. The van der Waals surface area contributed by atoms with Crippen molar-refractivity contribution >= 4 is 15.7 Å². The van der Waals surface area contributed by atoms with Crippen molar-refractivity contribution in [3.8, 4) is 0 Å². The van der Waals surface area contributed by atoms with Crippen molar-refractivity contribution in [2.24, 2.45) is 0 Å². The first kappa shape index (κ1) is 20.0. The third-order valence-electron chi connectivity index (χ3n) is 4.22. The summed E-state index contributed by atoms with van der Waals surface area (Å²) in [7, 11) is -1.06. The van der Waals surface area contributed by atoms with Gasteiger partial charge in [-0.05, 0) is 6.92 Å². The smallest absolute Gasteiger partial charge is 0.269 e. The fraction of sp³-hybridized carbons (Fsp3) is 0.571. The second-order valence-electron chi connectivity index (χ2n) is 5.95. The Morgan fingerprint density at radius 3 is 2.43 bits per heavy atom. The number of nitro benzene ring substituents is 1. The number of hydrogen-bond donors (Lipinski definition) is 0. The first-order chi connectivity index (χ1) is 10.3. The van der Waals surface area contributed by atoms with E-state index in [2.05, 4.69) is 7.05 Å². The molecule has 0 bridgehead atoms. The van der Waals surface area contributed by atoms with Crippen LogP contribution in [0.15, 0.2) is 24.3 Å². The van der Waals surface area contributed by atoms with Crippen LogP contribution in [0.2, 0.25) is 0 Å². The van der Waals surface area contributed by atoms with Crippen molar-refractivity contribution in [3.63, 3.8) is 0 Å². The zero-order valence-corrected chi connectivity index (χ0v) is 15.7. The number of nitro groups is 1. The molecule has 1 fully saturated rings. The maximum Gasteiger partial charge on any atom is 0.269 e. The molecule has 0 atom stereocenters. The number of non-ortho nitro benzene ring substituents is 1. The number of quaternary nitrogens is 1. The highest BCUT2D eigenvalue weighted by Crippen LogP contribution is 2.20. The highest BCUT2D eigenvalue weighted by atomic mass is 79.9. The van der Waals surface area contributed by atoms with Gasteiger partial charge in [-0.1, -0.05) is 12.1 Å². The van der Waals surface area contributed by atoms with E-state index in [4.69, 9.17) is 0 Å². The Balaban J connectivity index is 0.00000264. The van der Waals surface area contributed by atoms with Crippen LogP contribution in [-0.4, -0.2) is 61.1 Å². The number of nitrogens with zero attached hydrogens (tertiary/aromatic N) is 3. The second-order valence-corrected chi connectivity index (χ2v) is 8.21. The zero-order chi connectivity index (χ0) is 16.4. The minimum absolute atomic E-state index is 0. The van der Waals surface area contributed by atoms with Gasteiger partial charge in [0, 0.05) is 17.7 Å². The number of likely N-dealkylation sites (N-methyl/N-ethyl adjacent to an activating group) is 1. The summed E-state index contributed by atoms with van der Waals surface area (Å²) in [5.74, 6) is 0.127. The third-order valence-corrected chi connectivity index (χ3v) is 6.10. The molecule has 1 aromatic rings. The standard InChI is InChI=1S/C14H22N3O4S.BrH/c1-3-22(20,21)15-7-9-17(2,10-8-15)12-13-5-4-6-14(11-13)16(18)19;/h4-6,11H,3,7-10,12H2,1-2H3;1H/q+1;/p-1. The lowest BCUT2D eigenvalue weighted by molar-refractivity contribution is -0.925. The third kappa shape index (κ3) is 4.97. The lowest BCUT2D eigenvalue weighted by atomic mass is 10.1. The summed E-state index contributed by atoms with van der Waals surface area (Å²) < 4.78 is 26.0. The minimum Gasteiger partial charge on any atom is -1.00 e. The quantitative estimate of drug-likeness (QED) is 0.328. The summed E-state index contributed by atoms with van der Waals surface area (Å²) >= 11 is 0. The van der Waals surface area contributed by atoms with Crippen LogP contribution in [0.1, 0.15) is 12.5 Å². The molecule has 1 heterocycles. The summed E-state index contributed by atoms with van der Waals surface area (Å²) in [6.07, 6.45) is 0. The largest absolute Gasteiger partial charge is 1.00 e. The molecule has 0 saturated carbocycles. The SMILES string of the molecule is CCS(=O)(=O)N1CC[N+](C)(Cc2cccc([N+](=O)[O-])c2)CC1.[Br-]. The summed E-state index contributed by atoms with van der Waals surface area (Å²) in [5.41, 5.74) is 1.000. The maximum atomic E-state index is 11.9. The van der Waals surface area contributed by atoms with Gasteiger partial charge in [-0.3, -0.25) is 10.1 Å². The molecule has 23 heavy (non-hydrogen) atoms. The number of sulfonamides is 1. The predicted octanol–water partition coefficient (Wildman–Crippen LogP) is -1.79. The van der Waals surface area contributed by atoms with Crippen molar-refractivity contribution < 1.29 is 34.8 Å². The Bertz CT molecular complexity index is 658. The van der Waals surface area contributed by atoms with Crippen LogP contribution in [0.3, 0.4) is 0 Å². The van der Waals surface area contributed by atoms with Crippen molar-refractivity contribution in [3.05, 3.63) is 39.9 Å². The number of piperazine rings is 1. The van der Waals surface area contributed by atoms with Crippen LogP contribution >= 0.6 is 0 Å². The average molecular weight is 408 g/mol. The topological polar surface area (TPSA) is 80.5 Å². The van der Waals surface area contributed by atoms with Crippen molar-refractivity contribution in [1.29, 1.82) is 0 Å². The number of halogens is 1. The molecule has 0 radical (unpaired) electrons. The van der Waals surface area contributed by atoms with Crippen molar-refractivity contribution in [2.75, 3.05) is 39.0 Å². The van der Waals surface area contributed by atoms with E-state index in [0.717, 1.165) is 5.56 Å². The summed E-state index contributed by atoms with van der Waals surface area (Å²) in [4.78, 5) is 10.4. The van der Waals surface area contributed by atoms with Gasteiger partial charge >= 0.3 is 0 Å². The Labute approximate surface area is 147 Å². The van der Waals surface area contributed by atoms with Gasteiger partial charge in [0.15, 0.2) is 0 Å². The van der Waals surface area contributed by atoms with E-state index < -0.39 is 14.9 Å². The Hall–Kier alpha value is -1.03. The molecule has 2 rings (SSSR count). The molecule has 1 aromatic carbocycles. The van der Waals surface area contributed by atoms with Crippen molar-refractivity contribution in [1.82, 2.24) is 4.31 Å². The fourth-order valence-electron chi connectivity index (χ4n) is 2.76. The summed E-state index contributed by atoms with van der Waals surface area (Å²) in [6.45, 7) is 4.75. The van der Waals surface area contributed by atoms with E-state index in [1.54, 1.807) is 23.4 Å². The molecular weight excluding hydrogens is 386 g/mol. The van der Waals surface area contributed by atoms with Gasteiger partial charge in [0.1, 0.15) is 6.54 Å². The average Bonchev–Trinajstić information content (AvgIpc) is 2.47. The molecular formula is C14H22BrN3O4S. The number of benzene rings is 1. The summed E-state index contributed by atoms with van der Waals surface area (Å²) in [6, 6.07) is 6.65. The molecule has 130 valence electrons. The van der Waals surface area contributed by atoms with Gasteiger partial charge in [0.05, 0.1) is 43.9 Å².